The molecule has 1 fully saturated rings. The summed E-state index contributed by atoms with van der Waals surface area (Å²) in [6.07, 6.45) is 2.62. The second-order valence-electron chi connectivity index (χ2n) is 5.19. The Balaban J connectivity index is 2.23. The van der Waals surface area contributed by atoms with Gasteiger partial charge in [-0.05, 0) is 38.9 Å². The van der Waals surface area contributed by atoms with Crippen LogP contribution in [0.15, 0.2) is 0 Å². The molecule has 0 amide bonds. The van der Waals surface area contributed by atoms with Gasteiger partial charge in [0.25, 0.3) is 0 Å². The first-order valence-corrected chi connectivity index (χ1v) is 6.26. The van der Waals surface area contributed by atoms with Crippen molar-refractivity contribution in [3.63, 3.8) is 0 Å². The minimum atomic E-state index is 0.761. The third-order valence-corrected chi connectivity index (χ3v) is 3.29. The minimum Gasteiger partial charge on any atom is -0.329 e. The van der Waals surface area contributed by atoms with Crippen LogP contribution in [-0.4, -0.2) is 55.6 Å². The van der Waals surface area contributed by atoms with Crippen LogP contribution in [0.1, 0.15) is 26.7 Å². The average molecular weight is 213 g/mol. The lowest BCUT2D eigenvalue weighted by molar-refractivity contribution is 0.121. The summed E-state index contributed by atoms with van der Waals surface area (Å²) < 4.78 is 0. The van der Waals surface area contributed by atoms with E-state index in [1.165, 1.54) is 32.5 Å². The first-order chi connectivity index (χ1) is 7.13. The number of likely N-dealkylation sites (tertiary alicyclic amines) is 1. The van der Waals surface area contributed by atoms with Gasteiger partial charge in [0.1, 0.15) is 0 Å². The summed E-state index contributed by atoms with van der Waals surface area (Å²) in [5, 5.41) is 0. The molecule has 3 heteroatoms. The number of piperidine rings is 1. The van der Waals surface area contributed by atoms with E-state index in [0.717, 1.165) is 25.0 Å². The molecule has 0 aromatic carbocycles. The Morgan fingerprint density at radius 3 is 2.40 bits per heavy atom. The van der Waals surface area contributed by atoms with Gasteiger partial charge in [0, 0.05) is 25.7 Å². The zero-order valence-corrected chi connectivity index (χ0v) is 10.6. The van der Waals surface area contributed by atoms with Gasteiger partial charge in [-0.3, -0.25) is 0 Å². The summed E-state index contributed by atoms with van der Waals surface area (Å²) in [6, 6.07) is 0.761. The molecular weight excluding hydrogens is 186 g/mol. The fourth-order valence-corrected chi connectivity index (χ4v) is 2.45. The summed E-state index contributed by atoms with van der Waals surface area (Å²) in [5.74, 6) is 0.795. The summed E-state index contributed by atoms with van der Waals surface area (Å²) >= 11 is 0. The lowest BCUT2D eigenvalue weighted by atomic mass is 10.0. The topological polar surface area (TPSA) is 32.5 Å². The molecule has 0 aromatic heterocycles. The Morgan fingerprint density at radius 2 is 1.93 bits per heavy atom. The first kappa shape index (κ1) is 12.9. The maximum Gasteiger partial charge on any atom is 0.0117 e. The fourth-order valence-electron chi connectivity index (χ4n) is 2.45. The van der Waals surface area contributed by atoms with Crippen LogP contribution in [0.25, 0.3) is 0 Å². The molecule has 0 saturated carbocycles. The molecule has 3 nitrogen and oxygen atoms in total. The van der Waals surface area contributed by atoms with Crippen molar-refractivity contribution in [3.8, 4) is 0 Å². The lowest BCUT2D eigenvalue weighted by Gasteiger charge is -2.37. The third kappa shape index (κ3) is 4.49. The van der Waals surface area contributed by atoms with Gasteiger partial charge in [0.2, 0.25) is 0 Å². The number of hydrogen-bond acceptors (Lipinski definition) is 3. The third-order valence-electron chi connectivity index (χ3n) is 3.29. The Hall–Kier alpha value is -0.120. The molecule has 2 N–H and O–H groups in total. The minimum absolute atomic E-state index is 0.761. The quantitative estimate of drug-likeness (QED) is 0.739. The molecule has 1 aliphatic heterocycles. The van der Waals surface area contributed by atoms with Gasteiger partial charge in [0.15, 0.2) is 0 Å². The van der Waals surface area contributed by atoms with Crippen molar-refractivity contribution in [3.05, 3.63) is 0 Å². The molecule has 15 heavy (non-hydrogen) atoms. The molecule has 0 atom stereocenters. The highest BCUT2D eigenvalue weighted by molar-refractivity contribution is 4.78. The predicted molar refractivity (Wildman–Crippen MR) is 66.0 cm³/mol. The largest absolute Gasteiger partial charge is 0.329 e. The number of nitrogens with zero attached hydrogens (tertiary/aromatic N) is 2. The Kier molecular flexibility index (Phi) is 5.58. The van der Waals surface area contributed by atoms with E-state index in [9.17, 15) is 0 Å². The molecule has 0 unspecified atom stereocenters. The summed E-state index contributed by atoms with van der Waals surface area (Å²) in [7, 11) is 2.20. The number of nitrogens with two attached hydrogens (primary N) is 1. The highest BCUT2D eigenvalue weighted by Crippen LogP contribution is 2.15. The van der Waals surface area contributed by atoms with Crippen molar-refractivity contribution < 1.29 is 0 Å². The van der Waals surface area contributed by atoms with Crippen LogP contribution in [0.4, 0.5) is 0 Å². The summed E-state index contributed by atoms with van der Waals surface area (Å²) in [6.45, 7) is 10.2. The van der Waals surface area contributed by atoms with Crippen molar-refractivity contribution in [1.29, 1.82) is 0 Å². The van der Waals surface area contributed by atoms with Gasteiger partial charge in [-0.2, -0.15) is 0 Å². The van der Waals surface area contributed by atoms with E-state index in [0.29, 0.717) is 0 Å². The molecule has 1 heterocycles. The molecule has 90 valence electrons. The van der Waals surface area contributed by atoms with E-state index < -0.39 is 0 Å². The van der Waals surface area contributed by atoms with E-state index in [1.807, 2.05) is 0 Å². The van der Waals surface area contributed by atoms with Crippen molar-refractivity contribution in [2.75, 3.05) is 39.8 Å². The lowest BCUT2D eigenvalue weighted by Crippen LogP contribution is -2.45. The van der Waals surface area contributed by atoms with E-state index in [4.69, 9.17) is 5.73 Å². The van der Waals surface area contributed by atoms with Crippen molar-refractivity contribution in [1.82, 2.24) is 9.80 Å². The molecule has 0 spiro atoms. The zero-order valence-electron chi connectivity index (χ0n) is 10.6. The average Bonchev–Trinajstić information content (AvgIpc) is 2.18. The van der Waals surface area contributed by atoms with Gasteiger partial charge in [-0.15, -0.1) is 0 Å². The SMILES string of the molecule is CC(C)CN1CCC(N(C)CCN)CC1. The molecular formula is C12H27N3. The van der Waals surface area contributed by atoms with E-state index >= 15 is 0 Å². The van der Waals surface area contributed by atoms with Crippen molar-refractivity contribution in [2.24, 2.45) is 11.7 Å². The fraction of sp³-hybridized carbons (Fsp3) is 1.00. The van der Waals surface area contributed by atoms with Crippen LogP contribution >= 0.6 is 0 Å². The highest BCUT2D eigenvalue weighted by atomic mass is 15.2. The van der Waals surface area contributed by atoms with E-state index in [2.05, 4.69) is 30.7 Å². The first-order valence-electron chi connectivity index (χ1n) is 6.26. The van der Waals surface area contributed by atoms with Gasteiger partial charge in [0.05, 0.1) is 0 Å². The number of rotatable bonds is 5. The maximum atomic E-state index is 5.58. The van der Waals surface area contributed by atoms with Crippen LogP contribution in [0.2, 0.25) is 0 Å². The normalized spacial score (nSPS) is 20.4. The van der Waals surface area contributed by atoms with Crippen molar-refractivity contribution >= 4 is 0 Å². The smallest absolute Gasteiger partial charge is 0.0117 e. The van der Waals surface area contributed by atoms with Crippen LogP contribution in [-0.2, 0) is 0 Å². The summed E-state index contributed by atoms with van der Waals surface area (Å²) in [4.78, 5) is 5.02. The van der Waals surface area contributed by atoms with E-state index in [1.54, 1.807) is 0 Å². The van der Waals surface area contributed by atoms with E-state index in [-0.39, 0.29) is 0 Å². The van der Waals surface area contributed by atoms with Gasteiger partial charge in [-0.1, -0.05) is 13.8 Å². The molecule has 0 radical (unpaired) electrons. The predicted octanol–water partition coefficient (Wildman–Crippen LogP) is 0.997. The molecule has 1 saturated heterocycles. The van der Waals surface area contributed by atoms with Crippen LogP contribution in [0.5, 0.6) is 0 Å². The zero-order chi connectivity index (χ0) is 11.3. The van der Waals surface area contributed by atoms with Crippen LogP contribution < -0.4 is 5.73 Å². The Labute approximate surface area is 94.6 Å². The maximum absolute atomic E-state index is 5.58. The van der Waals surface area contributed by atoms with Gasteiger partial charge < -0.3 is 15.5 Å². The monoisotopic (exact) mass is 213 g/mol. The summed E-state index contributed by atoms with van der Waals surface area (Å²) in [5.41, 5.74) is 5.58. The molecule has 1 aliphatic rings. The Morgan fingerprint density at radius 1 is 1.33 bits per heavy atom. The number of likely N-dealkylation sites (N-methyl/N-ethyl adjacent to an activating group) is 1. The molecule has 0 aromatic rings. The highest BCUT2D eigenvalue weighted by Gasteiger charge is 2.21. The van der Waals surface area contributed by atoms with Crippen LogP contribution in [0, 0.1) is 5.92 Å². The molecule has 0 aliphatic carbocycles. The van der Waals surface area contributed by atoms with Gasteiger partial charge >= 0.3 is 0 Å². The van der Waals surface area contributed by atoms with Crippen LogP contribution in [0.3, 0.4) is 0 Å². The Bertz CT molecular complexity index is 162. The molecule has 1 rings (SSSR count). The van der Waals surface area contributed by atoms with Crippen molar-refractivity contribution in [2.45, 2.75) is 32.7 Å². The van der Waals surface area contributed by atoms with Gasteiger partial charge in [-0.25, -0.2) is 0 Å². The second kappa shape index (κ2) is 6.46. The standard InChI is InChI=1S/C12H27N3/c1-11(2)10-15-7-4-12(5-8-15)14(3)9-6-13/h11-12H,4-10,13H2,1-3H3. The molecule has 0 bridgehead atoms. The number of hydrogen-bond donors (Lipinski definition) is 1. The second-order valence-corrected chi connectivity index (χ2v) is 5.19.